The third-order valence-electron chi connectivity index (χ3n) is 6.70. The van der Waals surface area contributed by atoms with Crippen molar-refractivity contribution in [2.75, 3.05) is 26.0 Å². The summed E-state index contributed by atoms with van der Waals surface area (Å²) in [5.41, 5.74) is 9.78. The molecular weight excluding hydrogens is 406 g/mol. The van der Waals surface area contributed by atoms with Gasteiger partial charge in [0.1, 0.15) is 5.75 Å². The molecule has 3 N–H and O–H groups in total. The van der Waals surface area contributed by atoms with E-state index in [0.29, 0.717) is 12.4 Å². The second kappa shape index (κ2) is 8.38. The summed E-state index contributed by atoms with van der Waals surface area (Å²) in [5, 5.41) is 8.78. The molecule has 1 saturated carbocycles. The number of likely N-dealkylation sites (N-methyl/N-ethyl adjacent to an activating group) is 1. The molecule has 1 aliphatic heterocycles. The fourth-order valence-corrected chi connectivity index (χ4v) is 4.92. The molecule has 9 nitrogen and oxygen atoms in total. The molecule has 3 aromatic rings. The molecule has 2 aromatic heterocycles. The number of ether oxygens (including phenoxy) is 1. The Morgan fingerprint density at radius 1 is 1.25 bits per heavy atom. The first-order valence-corrected chi connectivity index (χ1v) is 11.2. The number of aromatic nitrogens is 4. The van der Waals surface area contributed by atoms with Gasteiger partial charge in [0.05, 0.1) is 30.4 Å². The standard InChI is InChI=1S/C23H29N7O2/c1-29-7-6-14-10-20(32-2)19(9-16(14)13-29)27-23-25-11-17-12-26-30(22(17)28-23)18-5-3-4-15(8-18)21(24)31/h9-12,15,18H,3-8,13H2,1-2H3,(H2,24,31)(H,25,27,28)/t15-,18?/m1/s1. The Morgan fingerprint density at radius 2 is 2.12 bits per heavy atom. The zero-order valence-electron chi connectivity index (χ0n) is 18.5. The van der Waals surface area contributed by atoms with Crippen LogP contribution in [0.15, 0.2) is 24.5 Å². The molecular formula is C23H29N7O2. The maximum absolute atomic E-state index is 11.7. The van der Waals surface area contributed by atoms with Gasteiger partial charge in [-0.25, -0.2) is 9.67 Å². The van der Waals surface area contributed by atoms with E-state index < -0.39 is 0 Å². The highest BCUT2D eigenvalue weighted by atomic mass is 16.5. The number of anilines is 2. The predicted molar refractivity (Wildman–Crippen MR) is 122 cm³/mol. The third kappa shape index (κ3) is 3.88. The number of rotatable bonds is 5. The number of carbonyl (C=O) groups is 1. The maximum atomic E-state index is 11.7. The smallest absolute Gasteiger partial charge is 0.229 e. The van der Waals surface area contributed by atoms with Gasteiger partial charge in [0.15, 0.2) is 5.65 Å². The first-order chi connectivity index (χ1) is 15.5. The number of fused-ring (bicyclic) bond motifs is 2. The van der Waals surface area contributed by atoms with Gasteiger partial charge in [-0.15, -0.1) is 0 Å². The van der Waals surface area contributed by atoms with Crippen LogP contribution in [0.1, 0.15) is 42.9 Å². The second-order valence-corrected chi connectivity index (χ2v) is 8.92. The van der Waals surface area contributed by atoms with Crippen LogP contribution in [0, 0.1) is 5.92 Å². The molecule has 9 heteroatoms. The molecule has 1 aliphatic carbocycles. The van der Waals surface area contributed by atoms with Crippen LogP contribution >= 0.6 is 0 Å². The molecule has 1 aromatic carbocycles. The molecule has 0 saturated heterocycles. The lowest BCUT2D eigenvalue weighted by Gasteiger charge is -2.27. The van der Waals surface area contributed by atoms with Gasteiger partial charge in [0.25, 0.3) is 0 Å². The summed E-state index contributed by atoms with van der Waals surface area (Å²) in [6, 6.07) is 4.35. The zero-order valence-corrected chi connectivity index (χ0v) is 18.5. The van der Waals surface area contributed by atoms with E-state index in [9.17, 15) is 4.79 Å². The number of hydrogen-bond acceptors (Lipinski definition) is 7. The van der Waals surface area contributed by atoms with Crippen LogP contribution < -0.4 is 15.8 Å². The normalized spacial score (nSPS) is 21.3. The van der Waals surface area contributed by atoms with Crippen molar-refractivity contribution in [3.05, 3.63) is 35.7 Å². The number of hydrogen-bond donors (Lipinski definition) is 2. The quantitative estimate of drug-likeness (QED) is 0.634. The Bertz CT molecular complexity index is 1160. The molecule has 0 radical (unpaired) electrons. The van der Waals surface area contributed by atoms with Crippen molar-refractivity contribution in [2.24, 2.45) is 11.7 Å². The highest BCUT2D eigenvalue weighted by Crippen LogP contribution is 2.35. The number of amides is 1. The van der Waals surface area contributed by atoms with Crippen molar-refractivity contribution in [3.8, 4) is 5.75 Å². The molecule has 2 atom stereocenters. The lowest BCUT2D eigenvalue weighted by molar-refractivity contribution is -0.123. The summed E-state index contributed by atoms with van der Waals surface area (Å²) in [4.78, 5) is 23.3. The van der Waals surface area contributed by atoms with Gasteiger partial charge in [-0.2, -0.15) is 10.1 Å². The highest BCUT2D eigenvalue weighted by molar-refractivity contribution is 5.77. The van der Waals surface area contributed by atoms with Crippen molar-refractivity contribution in [1.82, 2.24) is 24.6 Å². The second-order valence-electron chi connectivity index (χ2n) is 8.92. The van der Waals surface area contributed by atoms with Crippen LogP contribution in [0.4, 0.5) is 11.6 Å². The van der Waals surface area contributed by atoms with Crippen molar-refractivity contribution >= 4 is 28.6 Å². The third-order valence-corrected chi connectivity index (χ3v) is 6.70. The minimum Gasteiger partial charge on any atom is -0.495 e. The average Bonchev–Trinajstić information content (AvgIpc) is 3.22. The van der Waals surface area contributed by atoms with Crippen LogP contribution in [0.2, 0.25) is 0 Å². The van der Waals surface area contributed by atoms with Crippen LogP contribution in [-0.2, 0) is 17.8 Å². The molecule has 1 amide bonds. The first kappa shape index (κ1) is 20.7. The predicted octanol–water partition coefficient (Wildman–Crippen LogP) is 2.78. The molecule has 5 rings (SSSR count). The van der Waals surface area contributed by atoms with E-state index in [2.05, 4.69) is 39.5 Å². The molecule has 0 spiro atoms. The molecule has 168 valence electrons. The number of methoxy groups -OCH3 is 1. The number of nitrogens with one attached hydrogen (secondary N) is 1. The fraction of sp³-hybridized carbons (Fsp3) is 0.478. The lowest BCUT2D eigenvalue weighted by Crippen LogP contribution is -2.30. The van der Waals surface area contributed by atoms with Crippen LogP contribution in [-0.4, -0.2) is 51.3 Å². The molecule has 1 unspecified atom stereocenters. The van der Waals surface area contributed by atoms with Crippen LogP contribution in [0.3, 0.4) is 0 Å². The molecule has 3 heterocycles. The number of primary amides is 1. The Kier molecular flexibility index (Phi) is 5.42. The molecule has 0 bridgehead atoms. The summed E-state index contributed by atoms with van der Waals surface area (Å²) < 4.78 is 7.57. The zero-order chi connectivity index (χ0) is 22.2. The Morgan fingerprint density at radius 3 is 2.94 bits per heavy atom. The minimum atomic E-state index is -0.228. The van der Waals surface area contributed by atoms with Crippen LogP contribution in [0.5, 0.6) is 5.75 Å². The number of nitrogens with two attached hydrogens (primary N) is 1. The summed E-state index contributed by atoms with van der Waals surface area (Å²) in [6.45, 7) is 1.95. The minimum absolute atomic E-state index is 0.106. The summed E-state index contributed by atoms with van der Waals surface area (Å²) in [7, 11) is 3.81. The van der Waals surface area contributed by atoms with Gasteiger partial charge in [0.2, 0.25) is 11.9 Å². The molecule has 1 fully saturated rings. The average molecular weight is 436 g/mol. The number of carbonyl (C=O) groups excluding carboxylic acids is 1. The summed E-state index contributed by atoms with van der Waals surface area (Å²) in [5.74, 6) is 0.935. The topological polar surface area (TPSA) is 111 Å². The van der Waals surface area contributed by atoms with Gasteiger partial charge >= 0.3 is 0 Å². The van der Waals surface area contributed by atoms with Gasteiger partial charge in [-0.05, 0) is 56.0 Å². The lowest BCUT2D eigenvalue weighted by atomic mass is 9.85. The van der Waals surface area contributed by atoms with Crippen LogP contribution in [0.25, 0.3) is 11.0 Å². The molecule has 2 aliphatic rings. The highest BCUT2D eigenvalue weighted by Gasteiger charge is 2.28. The van der Waals surface area contributed by atoms with Crippen molar-refractivity contribution < 1.29 is 9.53 Å². The Labute approximate surface area is 187 Å². The van der Waals surface area contributed by atoms with Gasteiger partial charge in [-0.1, -0.05) is 6.42 Å². The fourth-order valence-electron chi connectivity index (χ4n) is 4.92. The van der Waals surface area contributed by atoms with Gasteiger partial charge in [0, 0.05) is 25.2 Å². The maximum Gasteiger partial charge on any atom is 0.229 e. The van der Waals surface area contributed by atoms with E-state index in [0.717, 1.165) is 61.2 Å². The number of nitrogens with zero attached hydrogens (tertiary/aromatic N) is 5. The van der Waals surface area contributed by atoms with Crippen molar-refractivity contribution in [3.63, 3.8) is 0 Å². The van der Waals surface area contributed by atoms with Gasteiger partial charge < -0.3 is 20.7 Å². The summed E-state index contributed by atoms with van der Waals surface area (Å²) >= 11 is 0. The Hall–Kier alpha value is -3.20. The Balaban J connectivity index is 1.45. The molecule has 32 heavy (non-hydrogen) atoms. The monoisotopic (exact) mass is 435 g/mol. The van der Waals surface area contributed by atoms with E-state index in [4.69, 9.17) is 15.5 Å². The SMILES string of the molecule is COc1cc2c(cc1Nc1ncc3cnn(C4CCC[C@@H](C(N)=O)C4)c3n1)CN(C)CC2. The van der Waals surface area contributed by atoms with E-state index in [1.54, 1.807) is 19.5 Å². The van der Waals surface area contributed by atoms with Crippen molar-refractivity contribution in [2.45, 2.75) is 44.7 Å². The van der Waals surface area contributed by atoms with Crippen molar-refractivity contribution in [1.29, 1.82) is 0 Å². The first-order valence-electron chi connectivity index (χ1n) is 11.2. The largest absolute Gasteiger partial charge is 0.495 e. The van der Waals surface area contributed by atoms with Gasteiger partial charge in [-0.3, -0.25) is 4.79 Å². The van der Waals surface area contributed by atoms with E-state index in [-0.39, 0.29) is 17.9 Å². The van der Waals surface area contributed by atoms with E-state index >= 15 is 0 Å². The van der Waals surface area contributed by atoms with E-state index in [1.807, 2.05) is 4.68 Å². The van der Waals surface area contributed by atoms with E-state index in [1.165, 1.54) is 11.1 Å². The number of benzene rings is 1. The summed E-state index contributed by atoms with van der Waals surface area (Å²) in [6.07, 6.45) is 8.03.